The molecule has 4 nitrogen and oxygen atoms in total. The lowest BCUT2D eigenvalue weighted by molar-refractivity contribution is -0.142. The van der Waals surface area contributed by atoms with Gasteiger partial charge in [0.15, 0.2) is 0 Å². The lowest BCUT2D eigenvalue weighted by Crippen LogP contribution is -2.42. The standard InChI is InChI=1S/C22H22BrNO3S/c1-15-6-4-5-7-17(15)19-14-16(10-12-23)8-9-18(19)21(25)24-20(11-13-28-3)22(26)27-2/h4-9,14,20H,11,13H2,1-3H3,(H,24,25)/t20-/m0/s1. The van der Waals surface area contributed by atoms with Crippen LogP contribution < -0.4 is 5.32 Å². The number of nitrogens with one attached hydrogen (secondary N) is 1. The topological polar surface area (TPSA) is 55.4 Å². The molecule has 0 aliphatic carbocycles. The van der Waals surface area contributed by atoms with Gasteiger partial charge in [-0.05, 0) is 65.1 Å². The number of carbonyl (C=O) groups excluding carboxylic acids is 2. The molecule has 0 saturated heterocycles. The molecule has 0 aromatic heterocycles. The first-order chi connectivity index (χ1) is 13.5. The largest absolute Gasteiger partial charge is 0.467 e. The van der Waals surface area contributed by atoms with Crippen LogP contribution >= 0.6 is 27.7 Å². The number of esters is 1. The van der Waals surface area contributed by atoms with Gasteiger partial charge in [0.25, 0.3) is 5.91 Å². The van der Waals surface area contributed by atoms with Crippen LogP contribution in [0.15, 0.2) is 42.5 Å². The van der Waals surface area contributed by atoms with Crippen molar-refractivity contribution in [3.63, 3.8) is 0 Å². The summed E-state index contributed by atoms with van der Waals surface area (Å²) in [5.74, 6) is 2.94. The van der Waals surface area contributed by atoms with Crippen LogP contribution in [0.2, 0.25) is 0 Å². The van der Waals surface area contributed by atoms with Gasteiger partial charge in [0, 0.05) is 27.1 Å². The number of rotatable bonds is 7. The number of hydrogen-bond donors (Lipinski definition) is 1. The van der Waals surface area contributed by atoms with Crippen LogP contribution in [0, 0.1) is 17.7 Å². The van der Waals surface area contributed by atoms with Gasteiger partial charge >= 0.3 is 5.97 Å². The van der Waals surface area contributed by atoms with E-state index in [4.69, 9.17) is 4.74 Å². The van der Waals surface area contributed by atoms with Crippen LogP contribution in [0.1, 0.15) is 27.9 Å². The molecule has 1 N–H and O–H groups in total. The van der Waals surface area contributed by atoms with E-state index in [1.165, 1.54) is 7.11 Å². The van der Waals surface area contributed by atoms with Crippen molar-refractivity contribution in [3.8, 4) is 21.9 Å². The summed E-state index contributed by atoms with van der Waals surface area (Å²) in [6.45, 7) is 2.00. The summed E-state index contributed by atoms with van der Waals surface area (Å²) in [7, 11) is 1.33. The lowest BCUT2D eigenvalue weighted by atomic mass is 9.93. The van der Waals surface area contributed by atoms with Gasteiger partial charge in [-0.1, -0.05) is 30.2 Å². The van der Waals surface area contributed by atoms with E-state index in [9.17, 15) is 9.59 Å². The van der Waals surface area contributed by atoms with Gasteiger partial charge in [0.2, 0.25) is 0 Å². The third-order valence-electron chi connectivity index (χ3n) is 4.29. The van der Waals surface area contributed by atoms with Crippen LogP contribution in [0.25, 0.3) is 11.1 Å². The number of halogens is 1. The maximum absolute atomic E-state index is 13.0. The molecule has 0 radical (unpaired) electrons. The Bertz CT molecular complexity index is 917. The van der Waals surface area contributed by atoms with Crippen molar-refractivity contribution in [1.29, 1.82) is 0 Å². The molecule has 1 atom stereocenters. The van der Waals surface area contributed by atoms with E-state index in [0.717, 1.165) is 28.0 Å². The molecule has 0 aliphatic rings. The minimum atomic E-state index is -0.684. The molecule has 2 aromatic carbocycles. The zero-order chi connectivity index (χ0) is 20.5. The lowest BCUT2D eigenvalue weighted by Gasteiger charge is -2.18. The Hall–Kier alpha value is -2.23. The molecule has 0 fully saturated rings. The van der Waals surface area contributed by atoms with Gasteiger partial charge in [-0.25, -0.2) is 4.79 Å². The van der Waals surface area contributed by atoms with E-state index in [2.05, 4.69) is 32.0 Å². The number of aryl methyl sites for hydroxylation is 1. The Balaban J connectivity index is 2.45. The molecule has 1 amide bonds. The molecule has 6 heteroatoms. The van der Waals surface area contributed by atoms with E-state index in [1.54, 1.807) is 23.9 Å². The predicted octanol–water partition coefficient (Wildman–Crippen LogP) is 4.39. The van der Waals surface area contributed by atoms with Crippen LogP contribution in [0.3, 0.4) is 0 Å². The summed E-state index contributed by atoms with van der Waals surface area (Å²) in [5, 5.41) is 2.83. The second-order valence-electron chi connectivity index (χ2n) is 6.13. The van der Waals surface area contributed by atoms with Crippen LogP contribution in [0.5, 0.6) is 0 Å². The van der Waals surface area contributed by atoms with Gasteiger partial charge < -0.3 is 10.1 Å². The summed E-state index contributed by atoms with van der Waals surface area (Å²) in [6, 6.07) is 12.6. The van der Waals surface area contributed by atoms with Crippen molar-refractivity contribution in [2.75, 3.05) is 19.1 Å². The molecule has 2 rings (SSSR count). The smallest absolute Gasteiger partial charge is 0.328 e. The van der Waals surface area contributed by atoms with Crippen LogP contribution in [0.4, 0.5) is 0 Å². The molecule has 0 saturated carbocycles. The Morgan fingerprint density at radius 1 is 1.21 bits per heavy atom. The molecule has 28 heavy (non-hydrogen) atoms. The summed E-state index contributed by atoms with van der Waals surface area (Å²) in [5.41, 5.74) is 4.06. The fourth-order valence-electron chi connectivity index (χ4n) is 2.84. The number of hydrogen-bond acceptors (Lipinski definition) is 4. The summed E-state index contributed by atoms with van der Waals surface area (Å²) < 4.78 is 4.84. The number of methoxy groups -OCH3 is 1. The number of amides is 1. The average Bonchev–Trinajstić information content (AvgIpc) is 2.71. The Morgan fingerprint density at radius 2 is 1.96 bits per heavy atom. The average molecular weight is 460 g/mol. The zero-order valence-electron chi connectivity index (χ0n) is 16.0. The maximum Gasteiger partial charge on any atom is 0.328 e. The summed E-state index contributed by atoms with van der Waals surface area (Å²) in [6.07, 6.45) is 2.46. The second-order valence-corrected chi connectivity index (χ2v) is 7.51. The Kier molecular flexibility index (Phi) is 8.62. The fourth-order valence-corrected chi connectivity index (χ4v) is 3.54. The van der Waals surface area contributed by atoms with E-state index in [-0.39, 0.29) is 5.91 Å². The van der Waals surface area contributed by atoms with Gasteiger partial charge in [-0.3, -0.25) is 4.79 Å². The number of benzene rings is 2. The highest BCUT2D eigenvalue weighted by Crippen LogP contribution is 2.28. The monoisotopic (exact) mass is 459 g/mol. The number of ether oxygens (including phenoxy) is 1. The van der Waals surface area contributed by atoms with Crippen molar-refractivity contribution in [2.24, 2.45) is 0 Å². The molecule has 0 spiro atoms. The Morgan fingerprint density at radius 3 is 2.61 bits per heavy atom. The first-order valence-corrected chi connectivity index (χ1v) is 10.9. The highest BCUT2D eigenvalue weighted by molar-refractivity contribution is 9.12. The quantitative estimate of drug-likeness (QED) is 0.492. The van der Waals surface area contributed by atoms with Gasteiger partial charge in [0.1, 0.15) is 6.04 Å². The van der Waals surface area contributed by atoms with Crippen molar-refractivity contribution < 1.29 is 14.3 Å². The maximum atomic E-state index is 13.0. The van der Waals surface area contributed by atoms with Gasteiger partial charge in [-0.15, -0.1) is 0 Å². The third-order valence-corrected chi connectivity index (χ3v) is 5.13. The third kappa shape index (κ3) is 5.63. The highest BCUT2D eigenvalue weighted by Gasteiger charge is 2.23. The molecule has 2 aromatic rings. The molecule has 146 valence electrons. The number of thioether (sulfide) groups is 1. The zero-order valence-corrected chi connectivity index (χ0v) is 18.4. The van der Waals surface area contributed by atoms with Crippen LogP contribution in [-0.2, 0) is 9.53 Å². The summed E-state index contributed by atoms with van der Waals surface area (Å²) >= 11 is 4.73. The molecule has 0 heterocycles. The van der Waals surface area contributed by atoms with E-state index in [1.807, 2.05) is 43.5 Å². The van der Waals surface area contributed by atoms with Crippen LogP contribution in [-0.4, -0.2) is 37.0 Å². The van der Waals surface area contributed by atoms with Crippen molar-refractivity contribution in [3.05, 3.63) is 59.2 Å². The van der Waals surface area contributed by atoms with Crippen molar-refractivity contribution >= 4 is 39.6 Å². The SMILES string of the molecule is COC(=O)[C@H](CCSC)NC(=O)c1ccc(C#CBr)cc1-c1ccccc1C. The van der Waals surface area contributed by atoms with Crippen molar-refractivity contribution in [1.82, 2.24) is 5.32 Å². The van der Waals surface area contributed by atoms with Crippen molar-refractivity contribution in [2.45, 2.75) is 19.4 Å². The van der Waals surface area contributed by atoms with Gasteiger partial charge in [0.05, 0.1) is 7.11 Å². The second kappa shape index (κ2) is 10.9. The predicted molar refractivity (Wildman–Crippen MR) is 119 cm³/mol. The van der Waals surface area contributed by atoms with E-state index < -0.39 is 12.0 Å². The molecular weight excluding hydrogens is 438 g/mol. The highest BCUT2D eigenvalue weighted by atomic mass is 79.9. The summed E-state index contributed by atoms with van der Waals surface area (Å²) in [4.78, 5) is 27.8. The minimum absolute atomic E-state index is 0.312. The first kappa shape index (κ1) is 22.1. The normalized spacial score (nSPS) is 11.1. The minimum Gasteiger partial charge on any atom is -0.467 e. The van der Waals surface area contributed by atoms with E-state index in [0.29, 0.717) is 12.0 Å². The molecule has 0 aliphatic heterocycles. The fraction of sp³-hybridized carbons (Fsp3) is 0.273. The first-order valence-electron chi connectivity index (χ1n) is 8.71. The Labute approximate surface area is 178 Å². The van der Waals surface area contributed by atoms with Gasteiger partial charge in [-0.2, -0.15) is 11.8 Å². The van der Waals surface area contributed by atoms with E-state index >= 15 is 0 Å². The molecule has 0 bridgehead atoms. The molecule has 0 unspecified atom stereocenters. The number of carbonyl (C=O) groups is 2. The molecular formula is C22H22BrNO3S.